The van der Waals surface area contributed by atoms with Crippen LogP contribution in [-0.4, -0.2) is 43.9 Å². The summed E-state index contributed by atoms with van der Waals surface area (Å²) in [4.78, 5) is 20.7. The van der Waals surface area contributed by atoms with Crippen LogP contribution in [-0.2, 0) is 17.2 Å². The number of nitrogens with zero attached hydrogens (tertiary/aromatic N) is 5. The standard InChI is InChI=1S/C17H26N6O2/c1-7-25-16(24)14-20-12(17(3,4)5)8-13(21-14)18-9-11(2)15-22-19-10-23(15)6/h8,10-11H,7,9H2,1-6H3,(H,18,20,21)/t11-/m1/s1. The lowest BCUT2D eigenvalue weighted by molar-refractivity contribution is 0.0511. The minimum Gasteiger partial charge on any atom is -0.460 e. The number of aromatic nitrogens is 5. The summed E-state index contributed by atoms with van der Waals surface area (Å²) in [5.41, 5.74) is 0.565. The molecule has 2 heterocycles. The molecule has 8 nitrogen and oxygen atoms in total. The minimum absolute atomic E-state index is 0.0723. The Hall–Kier alpha value is -2.51. The SMILES string of the molecule is CCOC(=O)c1nc(NC[C@@H](C)c2nncn2C)cc(C(C)(C)C)n1. The third kappa shape index (κ3) is 4.74. The predicted molar refractivity (Wildman–Crippen MR) is 94.6 cm³/mol. The molecule has 25 heavy (non-hydrogen) atoms. The van der Waals surface area contributed by atoms with Crippen molar-refractivity contribution in [2.75, 3.05) is 18.5 Å². The summed E-state index contributed by atoms with van der Waals surface area (Å²) in [5, 5.41) is 11.3. The molecule has 136 valence electrons. The van der Waals surface area contributed by atoms with Gasteiger partial charge in [0, 0.05) is 31.0 Å². The Balaban J connectivity index is 2.22. The molecule has 2 aromatic rings. The Kier molecular flexibility index (Phi) is 5.71. The van der Waals surface area contributed by atoms with Crippen molar-refractivity contribution in [3.05, 3.63) is 29.7 Å². The predicted octanol–water partition coefficient (Wildman–Crippen LogP) is 2.29. The lowest BCUT2D eigenvalue weighted by Gasteiger charge is -2.20. The van der Waals surface area contributed by atoms with Crippen molar-refractivity contribution in [3.63, 3.8) is 0 Å². The highest BCUT2D eigenvalue weighted by molar-refractivity contribution is 5.85. The summed E-state index contributed by atoms with van der Waals surface area (Å²) in [6.45, 7) is 10.8. The molecule has 1 atom stereocenters. The van der Waals surface area contributed by atoms with Crippen molar-refractivity contribution in [2.45, 2.75) is 46.0 Å². The first kappa shape index (κ1) is 18.8. The number of ether oxygens (including phenoxy) is 1. The van der Waals surface area contributed by atoms with Gasteiger partial charge in [0.1, 0.15) is 18.0 Å². The quantitative estimate of drug-likeness (QED) is 0.802. The van der Waals surface area contributed by atoms with Gasteiger partial charge in [-0.15, -0.1) is 10.2 Å². The van der Waals surface area contributed by atoms with Crippen molar-refractivity contribution in [3.8, 4) is 0 Å². The Morgan fingerprint density at radius 2 is 2.08 bits per heavy atom. The van der Waals surface area contributed by atoms with E-state index in [4.69, 9.17) is 4.74 Å². The minimum atomic E-state index is -0.516. The average molecular weight is 346 g/mol. The second kappa shape index (κ2) is 7.58. The largest absolute Gasteiger partial charge is 0.460 e. The van der Waals surface area contributed by atoms with Gasteiger partial charge in [-0.1, -0.05) is 27.7 Å². The fraction of sp³-hybridized carbons (Fsp3) is 0.588. The van der Waals surface area contributed by atoms with Crippen molar-refractivity contribution in [1.82, 2.24) is 24.7 Å². The molecule has 0 saturated heterocycles. The summed E-state index contributed by atoms with van der Waals surface area (Å²) in [7, 11) is 1.91. The first-order valence-electron chi connectivity index (χ1n) is 8.36. The molecule has 0 radical (unpaired) electrons. The van der Waals surface area contributed by atoms with Gasteiger partial charge < -0.3 is 14.6 Å². The van der Waals surface area contributed by atoms with Crippen LogP contribution in [0, 0.1) is 0 Å². The molecule has 0 aliphatic carbocycles. The molecule has 0 unspecified atom stereocenters. The van der Waals surface area contributed by atoms with Gasteiger partial charge in [0.05, 0.1) is 12.3 Å². The van der Waals surface area contributed by atoms with Gasteiger partial charge in [0.25, 0.3) is 0 Å². The zero-order valence-electron chi connectivity index (χ0n) is 15.7. The highest BCUT2D eigenvalue weighted by Gasteiger charge is 2.21. The Labute approximate surface area is 148 Å². The summed E-state index contributed by atoms with van der Waals surface area (Å²) >= 11 is 0. The molecule has 0 fully saturated rings. The maximum absolute atomic E-state index is 12.0. The lowest BCUT2D eigenvalue weighted by atomic mass is 9.92. The Bertz CT molecular complexity index is 735. The maximum Gasteiger partial charge on any atom is 0.376 e. The van der Waals surface area contributed by atoms with E-state index in [0.717, 1.165) is 11.5 Å². The number of aryl methyl sites for hydroxylation is 1. The third-order valence-electron chi connectivity index (χ3n) is 3.73. The zero-order valence-corrected chi connectivity index (χ0v) is 15.7. The summed E-state index contributed by atoms with van der Waals surface area (Å²) < 4.78 is 6.92. The Morgan fingerprint density at radius 3 is 2.64 bits per heavy atom. The van der Waals surface area contributed by atoms with Crippen molar-refractivity contribution >= 4 is 11.8 Å². The first-order chi connectivity index (χ1) is 11.7. The smallest absolute Gasteiger partial charge is 0.376 e. The van der Waals surface area contributed by atoms with Crippen LogP contribution in [0.5, 0.6) is 0 Å². The van der Waals surface area contributed by atoms with E-state index in [0.29, 0.717) is 12.4 Å². The van der Waals surface area contributed by atoms with Crippen LogP contribution in [0.2, 0.25) is 0 Å². The molecule has 2 aromatic heterocycles. The molecule has 0 aliphatic heterocycles. The summed E-state index contributed by atoms with van der Waals surface area (Å²) in [6, 6.07) is 1.87. The lowest BCUT2D eigenvalue weighted by Crippen LogP contribution is -2.21. The van der Waals surface area contributed by atoms with Crippen LogP contribution in [0.3, 0.4) is 0 Å². The summed E-state index contributed by atoms with van der Waals surface area (Å²) in [5.74, 6) is 1.16. The van der Waals surface area contributed by atoms with Crippen molar-refractivity contribution < 1.29 is 9.53 Å². The molecule has 1 N–H and O–H groups in total. The monoisotopic (exact) mass is 346 g/mol. The first-order valence-corrected chi connectivity index (χ1v) is 8.36. The van der Waals surface area contributed by atoms with E-state index in [2.05, 4.69) is 32.4 Å². The van der Waals surface area contributed by atoms with Crippen molar-refractivity contribution in [2.24, 2.45) is 7.05 Å². The molecule has 8 heteroatoms. The van der Waals surface area contributed by atoms with Gasteiger partial charge in [-0.05, 0) is 6.92 Å². The Morgan fingerprint density at radius 1 is 1.36 bits per heavy atom. The van der Waals surface area contributed by atoms with E-state index in [-0.39, 0.29) is 23.8 Å². The third-order valence-corrected chi connectivity index (χ3v) is 3.73. The van der Waals surface area contributed by atoms with Gasteiger partial charge in [-0.2, -0.15) is 0 Å². The van der Waals surface area contributed by atoms with E-state index in [1.165, 1.54) is 0 Å². The van der Waals surface area contributed by atoms with Crippen molar-refractivity contribution in [1.29, 1.82) is 0 Å². The average Bonchev–Trinajstić information content (AvgIpc) is 2.98. The van der Waals surface area contributed by atoms with E-state index in [1.54, 1.807) is 13.3 Å². The topological polar surface area (TPSA) is 94.8 Å². The van der Waals surface area contributed by atoms with E-state index < -0.39 is 5.97 Å². The van der Waals surface area contributed by atoms with Gasteiger partial charge in [-0.25, -0.2) is 14.8 Å². The van der Waals surface area contributed by atoms with Gasteiger partial charge in [0.15, 0.2) is 0 Å². The number of hydrogen-bond acceptors (Lipinski definition) is 7. The van der Waals surface area contributed by atoms with E-state index >= 15 is 0 Å². The molecule has 0 aliphatic rings. The number of anilines is 1. The summed E-state index contributed by atoms with van der Waals surface area (Å²) in [6.07, 6.45) is 1.67. The molecule has 0 bridgehead atoms. The van der Waals surface area contributed by atoms with Crippen LogP contribution in [0.25, 0.3) is 0 Å². The van der Waals surface area contributed by atoms with Crippen LogP contribution in [0.1, 0.15) is 62.7 Å². The van der Waals surface area contributed by atoms with Crippen LogP contribution in [0.4, 0.5) is 5.82 Å². The highest BCUT2D eigenvalue weighted by Crippen LogP contribution is 2.23. The normalized spacial score (nSPS) is 12.7. The molecular formula is C17H26N6O2. The second-order valence-electron chi connectivity index (χ2n) is 7.01. The van der Waals surface area contributed by atoms with Crippen LogP contribution in [0.15, 0.2) is 12.4 Å². The highest BCUT2D eigenvalue weighted by atomic mass is 16.5. The second-order valence-corrected chi connectivity index (χ2v) is 7.01. The number of nitrogens with one attached hydrogen (secondary N) is 1. The van der Waals surface area contributed by atoms with Gasteiger partial charge in [0.2, 0.25) is 5.82 Å². The van der Waals surface area contributed by atoms with Gasteiger partial charge in [-0.3, -0.25) is 0 Å². The number of esters is 1. The molecule has 0 saturated carbocycles. The van der Waals surface area contributed by atoms with Crippen LogP contribution < -0.4 is 5.32 Å². The number of hydrogen-bond donors (Lipinski definition) is 1. The van der Waals surface area contributed by atoms with Crippen LogP contribution >= 0.6 is 0 Å². The molecular weight excluding hydrogens is 320 g/mol. The molecule has 0 amide bonds. The number of carbonyl (C=O) groups is 1. The number of rotatable bonds is 6. The van der Waals surface area contributed by atoms with E-state index in [9.17, 15) is 4.79 Å². The molecule has 0 spiro atoms. The van der Waals surface area contributed by atoms with E-state index in [1.807, 2.05) is 38.5 Å². The maximum atomic E-state index is 12.0. The van der Waals surface area contributed by atoms with Gasteiger partial charge >= 0.3 is 5.97 Å². The zero-order chi connectivity index (χ0) is 18.6. The molecule has 2 rings (SSSR count). The fourth-order valence-electron chi connectivity index (χ4n) is 2.30. The molecule has 0 aromatic carbocycles. The number of carbonyl (C=O) groups excluding carboxylic acids is 1. The fourth-order valence-corrected chi connectivity index (χ4v) is 2.30.